The van der Waals surface area contributed by atoms with E-state index >= 15 is 0 Å². The third-order valence-corrected chi connectivity index (χ3v) is 7.31. The average molecular weight is 473 g/mol. The van der Waals surface area contributed by atoms with Gasteiger partial charge in [-0.1, -0.05) is 36.0 Å². The molecule has 2 heterocycles. The van der Waals surface area contributed by atoms with E-state index in [9.17, 15) is 14.9 Å². The van der Waals surface area contributed by atoms with Gasteiger partial charge in [-0.15, -0.1) is 10.2 Å². The number of thioether (sulfide) groups is 1. The molecule has 0 radical (unpaired) electrons. The molecule has 1 aliphatic carbocycles. The summed E-state index contributed by atoms with van der Waals surface area (Å²) in [6.07, 6.45) is 3.25. The monoisotopic (exact) mass is 472 g/mol. The number of rotatable bonds is 5. The van der Waals surface area contributed by atoms with Crippen LogP contribution in [0, 0.1) is 25.2 Å². The fourth-order valence-corrected chi connectivity index (χ4v) is 5.37. The van der Waals surface area contributed by atoms with Crippen molar-refractivity contribution < 1.29 is 4.79 Å². The Balaban J connectivity index is 1.58. The molecule has 1 fully saturated rings. The number of hydrogen-bond donors (Lipinski definition) is 1. The van der Waals surface area contributed by atoms with Crippen molar-refractivity contribution in [1.29, 1.82) is 5.26 Å². The summed E-state index contributed by atoms with van der Waals surface area (Å²) >= 11 is 1.24. The number of nitriles is 1. The smallest absolute Gasteiger partial charge is 0.267 e. The molecule has 1 N–H and O–H groups in total. The number of nitrogens with zero attached hydrogens (tertiary/aromatic N) is 5. The molecule has 0 atom stereocenters. The van der Waals surface area contributed by atoms with E-state index in [4.69, 9.17) is 0 Å². The van der Waals surface area contributed by atoms with E-state index in [-0.39, 0.29) is 17.2 Å². The summed E-state index contributed by atoms with van der Waals surface area (Å²) < 4.78 is 3.41. The van der Waals surface area contributed by atoms with Crippen LogP contribution in [-0.2, 0) is 4.79 Å². The lowest BCUT2D eigenvalue weighted by Gasteiger charge is -2.21. The lowest BCUT2D eigenvalue weighted by Crippen LogP contribution is -2.45. The van der Waals surface area contributed by atoms with Gasteiger partial charge in [0.15, 0.2) is 5.16 Å². The van der Waals surface area contributed by atoms with Gasteiger partial charge in [0.1, 0.15) is 5.54 Å². The highest BCUT2D eigenvalue weighted by Crippen LogP contribution is 2.29. The number of nitrogens with one attached hydrogen (secondary N) is 1. The first-order chi connectivity index (χ1) is 16.4. The lowest BCUT2D eigenvalue weighted by molar-refractivity contribution is -0.119. The van der Waals surface area contributed by atoms with E-state index < -0.39 is 5.54 Å². The van der Waals surface area contributed by atoms with Crippen LogP contribution in [-0.4, -0.2) is 36.4 Å². The van der Waals surface area contributed by atoms with E-state index in [2.05, 4.69) is 21.6 Å². The molecule has 0 bridgehead atoms. The van der Waals surface area contributed by atoms with Crippen molar-refractivity contribution in [2.24, 2.45) is 0 Å². The predicted octanol–water partition coefficient (Wildman–Crippen LogP) is 3.69. The molecule has 1 aliphatic rings. The third kappa shape index (κ3) is 3.74. The summed E-state index contributed by atoms with van der Waals surface area (Å²) in [5, 5.41) is 22.2. The van der Waals surface area contributed by atoms with Gasteiger partial charge in [0.2, 0.25) is 11.7 Å². The van der Waals surface area contributed by atoms with Crippen LogP contribution in [0.15, 0.2) is 52.4 Å². The fraction of sp³-hybridized carbons (Fsp3) is 0.320. The topological polar surface area (TPSA) is 105 Å². The Bertz CT molecular complexity index is 1520. The standard InChI is InChI=1S/C25H24N6O2S/c1-16-9-10-17(2)20(13-16)30-22(33)18-7-3-4-8-19(18)31-23(30)28-29-24(31)34-14-21(32)27-25(15-26)11-5-6-12-25/h3-4,7-10,13H,5-6,11-12,14H2,1-2H3,(H,27,32). The highest BCUT2D eigenvalue weighted by molar-refractivity contribution is 7.99. The van der Waals surface area contributed by atoms with Crippen molar-refractivity contribution in [1.82, 2.24) is 24.5 Å². The van der Waals surface area contributed by atoms with Gasteiger partial charge in [-0.2, -0.15) is 5.26 Å². The molecule has 8 nitrogen and oxygen atoms in total. The molecule has 172 valence electrons. The maximum Gasteiger partial charge on any atom is 0.267 e. The van der Waals surface area contributed by atoms with E-state index in [0.717, 1.165) is 29.7 Å². The SMILES string of the molecule is Cc1ccc(C)c(-n2c(=O)c3ccccc3n3c(SCC(=O)NC4(C#N)CCCC4)nnc23)c1. The number of carbonyl (C=O) groups is 1. The zero-order chi connectivity index (χ0) is 23.9. The number of hydrogen-bond acceptors (Lipinski definition) is 6. The molecule has 34 heavy (non-hydrogen) atoms. The highest BCUT2D eigenvalue weighted by atomic mass is 32.2. The van der Waals surface area contributed by atoms with Gasteiger partial charge in [-0.3, -0.25) is 14.0 Å². The molecule has 5 rings (SSSR count). The lowest BCUT2D eigenvalue weighted by atomic mass is 10.0. The highest BCUT2D eigenvalue weighted by Gasteiger charge is 2.35. The molecular formula is C25H24N6O2S. The minimum absolute atomic E-state index is 0.0984. The number of benzene rings is 2. The normalized spacial score (nSPS) is 15.0. The Hall–Kier alpha value is -3.64. The maximum absolute atomic E-state index is 13.5. The zero-order valence-corrected chi connectivity index (χ0v) is 19.9. The van der Waals surface area contributed by atoms with Crippen LogP contribution in [0.3, 0.4) is 0 Å². The Morgan fingerprint density at radius 3 is 2.71 bits per heavy atom. The molecule has 0 aliphatic heterocycles. The van der Waals surface area contributed by atoms with Crippen LogP contribution in [0.4, 0.5) is 0 Å². The molecule has 2 aromatic carbocycles. The number of carbonyl (C=O) groups excluding carboxylic acids is 1. The minimum Gasteiger partial charge on any atom is -0.337 e. The zero-order valence-electron chi connectivity index (χ0n) is 19.0. The number of para-hydroxylation sites is 1. The van der Waals surface area contributed by atoms with Crippen molar-refractivity contribution in [2.45, 2.75) is 50.2 Å². The van der Waals surface area contributed by atoms with Crippen molar-refractivity contribution in [2.75, 3.05) is 5.75 Å². The van der Waals surface area contributed by atoms with E-state index in [1.807, 2.05) is 54.6 Å². The number of aryl methyl sites for hydroxylation is 2. The second-order valence-electron chi connectivity index (χ2n) is 8.80. The summed E-state index contributed by atoms with van der Waals surface area (Å²) in [4.78, 5) is 26.2. The molecule has 9 heteroatoms. The first-order valence-corrected chi connectivity index (χ1v) is 12.2. The second kappa shape index (κ2) is 8.61. The van der Waals surface area contributed by atoms with Crippen LogP contribution in [0.5, 0.6) is 0 Å². The summed E-state index contributed by atoms with van der Waals surface area (Å²) in [7, 11) is 0. The molecule has 0 unspecified atom stereocenters. The van der Waals surface area contributed by atoms with Gasteiger partial charge < -0.3 is 5.32 Å². The second-order valence-corrected chi connectivity index (χ2v) is 9.75. The van der Waals surface area contributed by atoms with Crippen LogP contribution in [0.25, 0.3) is 22.4 Å². The predicted molar refractivity (Wildman–Crippen MR) is 131 cm³/mol. The van der Waals surface area contributed by atoms with Crippen molar-refractivity contribution >= 4 is 34.3 Å². The first-order valence-electron chi connectivity index (χ1n) is 11.2. The number of fused-ring (bicyclic) bond motifs is 3. The number of aromatic nitrogens is 4. The van der Waals surface area contributed by atoms with Crippen LogP contribution in [0.1, 0.15) is 36.8 Å². The molecule has 4 aromatic rings. The summed E-state index contributed by atoms with van der Waals surface area (Å²) in [6, 6.07) is 15.6. The largest absolute Gasteiger partial charge is 0.337 e. The van der Waals surface area contributed by atoms with Crippen LogP contribution in [0.2, 0.25) is 0 Å². The molecule has 0 saturated heterocycles. The van der Waals surface area contributed by atoms with Crippen LogP contribution < -0.4 is 10.9 Å². The van der Waals surface area contributed by atoms with Crippen molar-refractivity contribution in [3.63, 3.8) is 0 Å². The van der Waals surface area contributed by atoms with Crippen LogP contribution >= 0.6 is 11.8 Å². The minimum atomic E-state index is -0.763. The average Bonchev–Trinajstić information content (AvgIpc) is 3.48. The van der Waals surface area contributed by atoms with Gasteiger partial charge in [0.05, 0.1) is 28.4 Å². The van der Waals surface area contributed by atoms with E-state index in [0.29, 0.717) is 34.7 Å². The molecule has 0 spiro atoms. The first kappa shape index (κ1) is 22.2. The molecule has 1 amide bonds. The van der Waals surface area contributed by atoms with Crippen molar-refractivity contribution in [3.05, 3.63) is 63.9 Å². The molecule has 2 aromatic heterocycles. The maximum atomic E-state index is 13.5. The van der Waals surface area contributed by atoms with Gasteiger partial charge in [0, 0.05) is 0 Å². The summed E-state index contributed by atoms with van der Waals surface area (Å²) in [6.45, 7) is 3.94. The van der Waals surface area contributed by atoms with Gasteiger partial charge in [-0.05, 0) is 68.9 Å². The van der Waals surface area contributed by atoms with Gasteiger partial charge in [-0.25, -0.2) is 4.57 Å². The van der Waals surface area contributed by atoms with E-state index in [1.54, 1.807) is 10.6 Å². The molecule has 1 saturated carbocycles. The summed E-state index contributed by atoms with van der Waals surface area (Å²) in [5.74, 6) is 0.281. The quantitative estimate of drug-likeness (QED) is 0.444. The fourth-order valence-electron chi connectivity index (χ4n) is 4.63. The van der Waals surface area contributed by atoms with Gasteiger partial charge in [0.25, 0.3) is 5.56 Å². The Labute approximate surface area is 200 Å². The Morgan fingerprint density at radius 2 is 1.94 bits per heavy atom. The van der Waals surface area contributed by atoms with Gasteiger partial charge >= 0.3 is 0 Å². The Kier molecular flexibility index (Phi) is 5.62. The number of amides is 1. The van der Waals surface area contributed by atoms with E-state index in [1.165, 1.54) is 11.8 Å². The summed E-state index contributed by atoms with van der Waals surface area (Å²) in [5.41, 5.74) is 2.47. The Morgan fingerprint density at radius 1 is 1.18 bits per heavy atom. The third-order valence-electron chi connectivity index (χ3n) is 6.38. The van der Waals surface area contributed by atoms with Crippen molar-refractivity contribution in [3.8, 4) is 11.8 Å². The molecular weight excluding hydrogens is 448 g/mol.